The number of amides is 1. The van der Waals surface area contributed by atoms with Gasteiger partial charge in [0.2, 0.25) is 0 Å². The van der Waals surface area contributed by atoms with Crippen LogP contribution in [0.2, 0.25) is 0 Å². The molecule has 0 fully saturated rings. The maximum atomic E-state index is 10.6. The van der Waals surface area contributed by atoms with Gasteiger partial charge in [0.05, 0.1) is 5.69 Å². The highest BCUT2D eigenvalue weighted by atomic mass is 79.9. The third-order valence-electron chi connectivity index (χ3n) is 1.99. The molecule has 0 unspecified atom stereocenters. The summed E-state index contributed by atoms with van der Waals surface area (Å²) < 4.78 is 7.31. The quantitative estimate of drug-likeness (QED) is 0.874. The minimum Gasteiger partial charge on any atom is -0.373 e. The summed E-state index contributed by atoms with van der Waals surface area (Å²) in [4.78, 5) is 18.8. The third kappa shape index (κ3) is 2.25. The summed E-state index contributed by atoms with van der Waals surface area (Å²) in [5.74, 6) is 0. The Kier molecular flexibility index (Phi) is 3.29. The van der Waals surface area contributed by atoms with Crippen LogP contribution in [-0.2, 0) is 6.42 Å². The Labute approximate surface area is 113 Å². The molecule has 0 radical (unpaired) electrons. The van der Waals surface area contributed by atoms with E-state index in [4.69, 9.17) is 5.73 Å². The van der Waals surface area contributed by atoms with E-state index in [9.17, 15) is 4.79 Å². The number of primary amides is 1. The molecule has 0 atom stereocenters. The summed E-state index contributed by atoms with van der Waals surface area (Å²) in [6.45, 7) is 1.95. The van der Waals surface area contributed by atoms with Gasteiger partial charge in [-0.15, -0.1) is 5.10 Å². The molecule has 2 rings (SSSR count). The van der Waals surface area contributed by atoms with Crippen molar-refractivity contribution in [1.29, 1.82) is 0 Å². The van der Waals surface area contributed by atoms with Crippen molar-refractivity contribution in [3.05, 3.63) is 14.9 Å². The monoisotopic (exact) mass is 363 g/mol. The number of aromatic nitrogens is 4. The number of hydrogen-bond donors (Lipinski definition) is 1. The van der Waals surface area contributed by atoms with Gasteiger partial charge in [-0.05, 0) is 38.3 Å². The largest absolute Gasteiger partial charge is 0.412 e. The topological polar surface area (TPSA) is 95.4 Å². The van der Waals surface area contributed by atoms with Crippen molar-refractivity contribution in [2.75, 3.05) is 0 Å². The van der Waals surface area contributed by atoms with Gasteiger partial charge in [-0.3, -0.25) is 0 Å². The number of carbonyl (C=O) groups excluding carboxylic acids is 1. The van der Waals surface area contributed by atoms with Gasteiger partial charge in [-0.2, -0.15) is 4.98 Å². The first-order valence-electron chi connectivity index (χ1n) is 4.60. The lowest BCUT2D eigenvalue weighted by Crippen LogP contribution is -2.17. The van der Waals surface area contributed by atoms with Gasteiger partial charge < -0.3 is 10.5 Å². The van der Waals surface area contributed by atoms with Crippen LogP contribution in [0.25, 0.3) is 5.65 Å². The van der Waals surface area contributed by atoms with Crippen molar-refractivity contribution < 1.29 is 9.53 Å². The van der Waals surface area contributed by atoms with Crippen LogP contribution in [0, 0.1) is 0 Å². The maximum Gasteiger partial charge on any atom is 0.412 e. The Morgan fingerprint density at radius 1 is 1.41 bits per heavy atom. The van der Waals surface area contributed by atoms with Crippen LogP contribution in [-0.4, -0.2) is 25.7 Å². The van der Waals surface area contributed by atoms with Crippen molar-refractivity contribution in [3.8, 4) is 6.01 Å². The smallest absolute Gasteiger partial charge is 0.373 e. The van der Waals surface area contributed by atoms with Crippen LogP contribution in [0.3, 0.4) is 0 Å². The first kappa shape index (κ1) is 12.2. The normalized spacial score (nSPS) is 10.8. The molecule has 0 saturated carbocycles. The number of halogens is 2. The number of aryl methyl sites for hydroxylation is 1. The minimum atomic E-state index is -0.956. The molecule has 0 saturated heterocycles. The lowest BCUT2D eigenvalue weighted by Gasteiger charge is -2.03. The van der Waals surface area contributed by atoms with Crippen molar-refractivity contribution in [1.82, 2.24) is 19.6 Å². The average molecular weight is 365 g/mol. The Morgan fingerprint density at radius 3 is 2.71 bits per heavy atom. The van der Waals surface area contributed by atoms with Crippen molar-refractivity contribution in [2.45, 2.75) is 13.3 Å². The summed E-state index contributed by atoms with van der Waals surface area (Å²) in [5.41, 5.74) is 6.17. The average Bonchev–Trinajstić information content (AvgIpc) is 2.61. The van der Waals surface area contributed by atoms with E-state index in [1.807, 2.05) is 6.92 Å². The molecule has 0 aliphatic rings. The predicted octanol–water partition coefficient (Wildman–Crippen LogP) is 1.67. The van der Waals surface area contributed by atoms with E-state index in [-0.39, 0.29) is 6.01 Å². The van der Waals surface area contributed by atoms with E-state index in [0.29, 0.717) is 21.3 Å². The molecule has 2 heterocycles. The first-order chi connectivity index (χ1) is 8.02. The van der Waals surface area contributed by atoms with Crippen LogP contribution < -0.4 is 10.5 Å². The van der Waals surface area contributed by atoms with E-state index >= 15 is 0 Å². The molecule has 0 aliphatic heterocycles. The molecule has 0 aromatic carbocycles. The maximum absolute atomic E-state index is 10.6. The van der Waals surface area contributed by atoms with E-state index in [0.717, 1.165) is 5.69 Å². The number of rotatable bonds is 2. The van der Waals surface area contributed by atoms with Crippen molar-refractivity contribution in [2.24, 2.45) is 5.73 Å². The fraction of sp³-hybridized carbons (Fsp3) is 0.250. The molecule has 2 aromatic rings. The van der Waals surface area contributed by atoms with Crippen molar-refractivity contribution >= 4 is 43.6 Å². The summed E-state index contributed by atoms with van der Waals surface area (Å²) in [6.07, 6.45) is -0.265. The van der Waals surface area contributed by atoms with Gasteiger partial charge >= 0.3 is 12.1 Å². The van der Waals surface area contributed by atoms with Crippen LogP contribution in [0.15, 0.2) is 9.21 Å². The highest BCUT2D eigenvalue weighted by Gasteiger charge is 2.16. The summed E-state index contributed by atoms with van der Waals surface area (Å²) in [6, 6.07) is -0.104. The highest BCUT2D eigenvalue weighted by molar-refractivity contribution is 9.11. The molecule has 7 nitrogen and oxygen atoms in total. The standard InChI is InChI=1S/C8H7Br2N5O2/c1-2-3-4(9)12-5(10)6-13-8(14-15(3)6)17-7(11)16/h2H2,1H3,(H2,11,16). The number of hydrogen-bond acceptors (Lipinski definition) is 5. The van der Waals surface area contributed by atoms with Gasteiger partial charge in [0.15, 0.2) is 10.3 Å². The Morgan fingerprint density at radius 2 is 2.12 bits per heavy atom. The van der Waals surface area contributed by atoms with Gasteiger partial charge in [-0.25, -0.2) is 14.3 Å². The van der Waals surface area contributed by atoms with Crippen LogP contribution in [0.4, 0.5) is 4.79 Å². The van der Waals surface area contributed by atoms with Crippen LogP contribution in [0.1, 0.15) is 12.6 Å². The number of nitrogens with zero attached hydrogens (tertiary/aromatic N) is 4. The van der Waals surface area contributed by atoms with Crippen LogP contribution >= 0.6 is 31.9 Å². The lowest BCUT2D eigenvalue weighted by molar-refractivity contribution is 0.207. The second-order valence-corrected chi connectivity index (χ2v) is 4.55. The van der Waals surface area contributed by atoms with E-state index in [1.54, 1.807) is 4.52 Å². The van der Waals surface area contributed by atoms with Gasteiger partial charge in [0.25, 0.3) is 0 Å². The molecule has 17 heavy (non-hydrogen) atoms. The Hall–Kier alpha value is -1.22. The highest BCUT2D eigenvalue weighted by Crippen LogP contribution is 2.23. The fourth-order valence-corrected chi connectivity index (χ4v) is 2.63. The first-order valence-corrected chi connectivity index (χ1v) is 6.19. The zero-order valence-electron chi connectivity index (χ0n) is 8.65. The number of carbonyl (C=O) groups is 1. The molecular formula is C8H7Br2N5O2. The summed E-state index contributed by atoms with van der Waals surface area (Å²) >= 11 is 6.58. The van der Waals surface area contributed by atoms with E-state index in [1.165, 1.54) is 0 Å². The van der Waals surface area contributed by atoms with E-state index < -0.39 is 6.09 Å². The predicted molar refractivity (Wildman–Crippen MR) is 65.8 cm³/mol. The Balaban J connectivity index is 2.66. The number of ether oxygens (including phenoxy) is 1. The molecule has 2 N–H and O–H groups in total. The third-order valence-corrected chi connectivity index (χ3v) is 3.16. The summed E-state index contributed by atoms with van der Waals surface area (Å²) in [5, 5.41) is 4.03. The van der Waals surface area contributed by atoms with Crippen molar-refractivity contribution in [3.63, 3.8) is 0 Å². The second kappa shape index (κ2) is 4.57. The van der Waals surface area contributed by atoms with E-state index in [2.05, 4.69) is 51.7 Å². The zero-order chi connectivity index (χ0) is 12.6. The van der Waals surface area contributed by atoms with Gasteiger partial charge in [-0.1, -0.05) is 6.92 Å². The lowest BCUT2D eigenvalue weighted by atomic mass is 10.3. The van der Waals surface area contributed by atoms with Gasteiger partial charge in [0, 0.05) is 0 Å². The zero-order valence-corrected chi connectivity index (χ0v) is 11.8. The molecule has 0 bridgehead atoms. The van der Waals surface area contributed by atoms with Gasteiger partial charge in [0.1, 0.15) is 4.60 Å². The number of nitrogens with two attached hydrogens (primary N) is 1. The molecule has 1 amide bonds. The van der Waals surface area contributed by atoms with Crippen LogP contribution in [0.5, 0.6) is 6.01 Å². The second-order valence-electron chi connectivity index (χ2n) is 3.04. The molecule has 0 spiro atoms. The molecule has 2 aromatic heterocycles. The SMILES string of the molecule is CCc1c(Br)nc(Br)c2nc(OC(N)=O)nn12. The number of fused-ring (bicyclic) bond motifs is 1. The molecule has 9 heteroatoms. The molecular weight excluding hydrogens is 358 g/mol. The minimum absolute atomic E-state index is 0.104. The molecule has 90 valence electrons. The fourth-order valence-electron chi connectivity index (χ4n) is 1.33. The summed E-state index contributed by atoms with van der Waals surface area (Å²) in [7, 11) is 0. The molecule has 0 aliphatic carbocycles. The Bertz CT molecular complexity index is 597.